The van der Waals surface area contributed by atoms with E-state index in [1.54, 1.807) is 6.08 Å². The maximum atomic E-state index is 12.8. The second-order valence-electron chi connectivity index (χ2n) is 17.7. The largest absolute Gasteiger partial charge is 0.462 e. The third-order valence-corrected chi connectivity index (χ3v) is 11.0. The standard InChI is InChI=1S/C65H100O6/c1-4-7-10-13-16-19-22-25-28-29-30-31-32-33-34-35-38-40-43-46-49-52-55-58-64(67)70-61-62(71-65(68)59-56-53-50-47-44-41-37-27-24-21-18-15-12-9-6-3)60-69-63(66)57-54-51-48-45-42-39-36-26-23-20-17-14-11-8-5-2/h7-12,16-21,25-28,30-31,36-37,42,44-45,47,53,56,62H,4-6,13-15,22-24,29,32-35,38-41,43,46,48-52,54-55,57-61H2,1-3H3/b10-7-,11-8-,12-9-,19-16-,20-17-,21-18-,28-25-,31-30-,36-26-,37-27-,45-42-,47-44-,56-53-. The molecule has 6 heteroatoms. The summed E-state index contributed by atoms with van der Waals surface area (Å²) in [6.45, 7) is 6.15. The molecule has 0 aliphatic rings. The molecule has 0 aliphatic carbocycles. The van der Waals surface area contributed by atoms with Gasteiger partial charge in [0, 0.05) is 12.8 Å². The third kappa shape index (κ3) is 55.8. The van der Waals surface area contributed by atoms with Gasteiger partial charge in [0.15, 0.2) is 6.10 Å². The monoisotopic (exact) mass is 977 g/mol. The van der Waals surface area contributed by atoms with E-state index in [0.29, 0.717) is 19.3 Å². The molecule has 0 fully saturated rings. The van der Waals surface area contributed by atoms with Crippen LogP contribution in [-0.2, 0) is 28.6 Å². The van der Waals surface area contributed by atoms with Crippen molar-refractivity contribution in [3.8, 4) is 0 Å². The van der Waals surface area contributed by atoms with Crippen LogP contribution in [0.4, 0.5) is 0 Å². The van der Waals surface area contributed by atoms with Gasteiger partial charge in [0.25, 0.3) is 0 Å². The van der Waals surface area contributed by atoms with Crippen LogP contribution in [0.2, 0.25) is 0 Å². The molecule has 0 saturated carbocycles. The van der Waals surface area contributed by atoms with E-state index in [0.717, 1.165) is 109 Å². The fraction of sp³-hybridized carbons (Fsp3) is 0.554. The average molecular weight is 978 g/mol. The minimum Gasteiger partial charge on any atom is -0.462 e. The fourth-order valence-electron chi connectivity index (χ4n) is 6.97. The Morgan fingerprint density at radius 2 is 0.549 bits per heavy atom. The van der Waals surface area contributed by atoms with Crippen molar-refractivity contribution in [3.05, 3.63) is 158 Å². The highest BCUT2D eigenvalue weighted by molar-refractivity contribution is 5.72. The maximum Gasteiger partial charge on any atom is 0.310 e. The van der Waals surface area contributed by atoms with Crippen LogP contribution in [0.5, 0.6) is 0 Å². The Labute approximate surface area is 435 Å². The highest BCUT2D eigenvalue weighted by Gasteiger charge is 2.19. The van der Waals surface area contributed by atoms with Gasteiger partial charge in [-0.1, -0.05) is 230 Å². The quantitative estimate of drug-likeness (QED) is 0.0262. The number of allylic oxidation sites excluding steroid dienone is 25. The number of carbonyl (C=O) groups excluding carboxylic acids is 3. The van der Waals surface area contributed by atoms with Crippen LogP contribution >= 0.6 is 0 Å². The summed E-state index contributed by atoms with van der Waals surface area (Å²) in [6.07, 6.45) is 84.1. The van der Waals surface area contributed by atoms with Gasteiger partial charge in [-0.3, -0.25) is 14.4 Å². The first-order valence-electron chi connectivity index (χ1n) is 28.0. The molecule has 0 radical (unpaired) electrons. The SMILES string of the molecule is CC/C=C\C/C=C\C/C=C\C/C=C\C/C=C\CC(=O)OC(COC(=O)CCCC/C=C\C/C=C\C/C=C\C/C=C\CC)COC(=O)CCCCCCCCCCCC/C=C\C/C=C\C/C=C\C/C=C\CC. The van der Waals surface area contributed by atoms with Crippen molar-refractivity contribution in [2.75, 3.05) is 13.2 Å². The van der Waals surface area contributed by atoms with E-state index in [4.69, 9.17) is 14.2 Å². The predicted molar refractivity (Wildman–Crippen MR) is 306 cm³/mol. The zero-order valence-corrected chi connectivity index (χ0v) is 45.2. The Bertz CT molecular complexity index is 1640. The molecular weight excluding hydrogens is 877 g/mol. The molecule has 0 spiro atoms. The fourth-order valence-corrected chi connectivity index (χ4v) is 6.97. The summed E-state index contributed by atoms with van der Waals surface area (Å²) in [7, 11) is 0. The highest BCUT2D eigenvalue weighted by Crippen LogP contribution is 2.13. The van der Waals surface area contributed by atoms with Crippen molar-refractivity contribution in [2.24, 2.45) is 0 Å². The summed E-state index contributed by atoms with van der Waals surface area (Å²) in [6, 6.07) is 0. The van der Waals surface area contributed by atoms with Gasteiger partial charge in [0.2, 0.25) is 0 Å². The molecule has 0 saturated heterocycles. The molecule has 0 bridgehead atoms. The summed E-state index contributed by atoms with van der Waals surface area (Å²) >= 11 is 0. The Morgan fingerprint density at radius 3 is 0.887 bits per heavy atom. The van der Waals surface area contributed by atoms with Crippen LogP contribution in [-0.4, -0.2) is 37.2 Å². The summed E-state index contributed by atoms with van der Waals surface area (Å²) < 4.78 is 16.7. The Hall–Kier alpha value is -4.97. The number of rotatable bonds is 48. The van der Waals surface area contributed by atoms with Gasteiger partial charge in [-0.2, -0.15) is 0 Å². The van der Waals surface area contributed by atoms with Crippen molar-refractivity contribution in [1.29, 1.82) is 0 Å². The van der Waals surface area contributed by atoms with Crippen molar-refractivity contribution in [2.45, 2.75) is 219 Å². The molecule has 0 amide bonds. The first-order chi connectivity index (χ1) is 35.0. The zero-order chi connectivity index (χ0) is 51.4. The van der Waals surface area contributed by atoms with Gasteiger partial charge in [0.1, 0.15) is 13.2 Å². The summed E-state index contributed by atoms with van der Waals surface area (Å²) in [5.41, 5.74) is 0. The van der Waals surface area contributed by atoms with E-state index < -0.39 is 12.1 Å². The van der Waals surface area contributed by atoms with Gasteiger partial charge in [-0.15, -0.1) is 0 Å². The number of hydrogen-bond acceptors (Lipinski definition) is 6. The zero-order valence-electron chi connectivity index (χ0n) is 45.2. The molecule has 396 valence electrons. The lowest BCUT2D eigenvalue weighted by Gasteiger charge is -2.18. The lowest BCUT2D eigenvalue weighted by atomic mass is 10.1. The van der Waals surface area contributed by atoms with Crippen LogP contribution in [0.1, 0.15) is 213 Å². The normalized spacial score (nSPS) is 13.3. The van der Waals surface area contributed by atoms with Gasteiger partial charge in [-0.25, -0.2) is 0 Å². The second kappa shape index (κ2) is 57.6. The van der Waals surface area contributed by atoms with E-state index in [1.165, 1.54) is 51.4 Å². The molecule has 0 aliphatic heterocycles. The van der Waals surface area contributed by atoms with Crippen LogP contribution < -0.4 is 0 Å². The van der Waals surface area contributed by atoms with E-state index in [9.17, 15) is 14.4 Å². The van der Waals surface area contributed by atoms with Crippen molar-refractivity contribution < 1.29 is 28.6 Å². The van der Waals surface area contributed by atoms with Crippen molar-refractivity contribution in [3.63, 3.8) is 0 Å². The molecule has 6 nitrogen and oxygen atoms in total. The van der Waals surface area contributed by atoms with Gasteiger partial charge in [0.05, 0.1) is 6.42 Å². The number of carbonyl (C=O) groups is 3. The first-order valence-corrected chi connectivity index (χ1v) is 28.0. The smallest absolute Gasteiger partial charge is 0.310 e. The van der Waals surface area contributed by atoms with Gasteiger partial charge >= 0.3 is 17.9 Å². The number of esters is 3. The Morgan fingerprint density at radius 1 is 0.296 bits per heavy atom. The molecule has 71 heavy (non-hydrogen) atoms. The minimum atomic E-state index is -0.859. The highest BCUT2D eigenvalue weighted by atomic mass is 16.6. The second-order valence-corrected chi connectivity index (χ2v) is 17.7. The Balaban J connectivity index is 4.52. The molecule has 0 rings (SSSR count). The molecule has 0 N–H and O–H groups in total. The lowest BCUT2D eigenvalue weighted by molar-refractivity contribution is -0.166. The van der Waals surface area contributed by atoms with E-state index >= 15 is 0 Å². The number of hydrogen-bond donors (Lipinski definition) is 0. The number of unbranched alkanes of at least 4 members (excludes halogenated alkanes) is 12. The average Bonchev–Trinajstić information content (AvgIpc) is 3.37. The molecule has 0 aromatic heterocycles. The molecule has 0 aromatic rings. The van der Waals surface area contributed by atoms with E-state index in [1.807, 2.05) is 6.08 Å². The topological polar surface area (TPSA) is 78.9 Å². The molecule has 1 atom stereocenters. The van der Waals surface area contributed by atoms with Gasteiger partial charge in [-0.05, 0) is 122 Å². The summed E-state index contributed by atoms with van der Waals surface area (Å²) in [5.74, 6) is -1.13. The van der Waals surface area contributed by atoms with Crippen molar-refractivity contribution in [1.82, 2.24) is 0 Å². The molecule has 0 aromatic carbocycles. The van der Waals surface area contributed by atoms with Crippen molar-refractivity contribution >= 4 is 17.9 Å². The predicted octanol–water partition coefficient (Wildman–Crippen LogP) is 19.0. The molecule has 1 unspecified atom stereocenters. The van der Waals surface area contributed by atoms with Crippen LogP contribution in [0.25, 0.3) is 0 Å². The summed E-state index contributed by atoms with van der Waals surface area (Å²) in [5, 5.41) is 0. The number of ether oxygens (including phenoxy) is 3. The Kier molecular flexibility index (Phi) is 53.6. The van der Waals surface area contributed by atoms with E-state index in [2.05, 4.69) is 167 Å². The first kappa shape index (κ1) is 66.0. The van der Waals surface area contributed by atoms with E-state index in [-0.39, 0.29) is 38.0 Å². The molecule has 0 heterocycles. The lowest BCUT2D eigenvalue weighted by Crippen LogP contribution is -2.30. The van der Waals surface area contributed by atoms with Crippen LogP contribution in [0, 0.1) is 0 Å². The minimum absolute atomic E-state index is 0.0793. The molecular formula is C65H100O6. The maximum absolute atomic E-state index is 12.8. The van der Waals surface area contributed by atoms with Crippen LogP contribution in [0.3, 0.4) is 0 Å². The van der Waals surface area contributed by atoms with Crippen LogP contribution in [0.15, 0.2) is 158 Å². The summed E-state index contributed by atoms with van der Waals surface area (Å²) in [4.78, 5) is 38.1. The van der Waals surface area contributed by atoms with Gasteiger partial charge < -0.3 is 14.2 Å². The third-order valence-electron chi connectivity index (χ3n) is 11.0.